The lowest BCUT2D eigenvalue weighted by Crippen LogP contribution is -2.23. The Kier molecular flexibility index (Phi) is 4.72. The van der Waals surface area contributed by atoms with Crippen LogP contribution in [0, 0.1) is 0 Å². The largest absolute Gasteiger partial charge is 0.461 e. The van der Waals surface area contributed by atoms with E-state index in [2.05, 4.69) is 15.5 Å². The van der Waals surface area contributed by atoms with E-state index in [1.54, 1.807) is 23.0 Å². The normalized spacial score (nSPS) is 11.3. The van der Waals surface area contributed by atoms with Crippen LogP contribution in [-0.4, -0.2) is 21.7 Å². The summed E-state index contributed by atoms with van der Waals surface area (Å²) in [7, 11) is 0. The Morgan fingerprint density at radius 1 is 1.15 bits per heavy atom. The average Bonchev–Trinajstić information content (AvgIpc) is 3.32. The van der Waals surface area contributed by atoms with Crippen molar-refractivity contribution in [3.63, 3.8) is 0 Å². The lowest BCUT2D eigenvalue weighted by atomic mass is 10.2. The van der Waals surface area contributed by atoms with Crippen LogP contribution in [0.5, 0.6) is 0 Å². The zero-order valence-corrected chi connectivity index (χ0v) is 14.9. The predicted molar refractivity (Wildman–Crippen MR) is 105 cm³/mol. The molecule has 0 saturated heterocycles. The van der Waals surface area contributed by atoms with E-state index in [1.165, 1.54) is 6.21 Å². The Labute approximate surface area is 160 Å². The fraction of sp³-hybridized carbons (Fsp3) is 0.0500. The van der Waals surface area contributed by atoms with Crippen molar-refractivity contribution in [1.82, 2.24) is 15.0 Å². The zero-order valence-electron chi connectivity index (χ0n) is 14.2. The topological polar surface area (TPSA) is 72.4 Å². The van der Waals surface area contributed by atoms with Crippen molar-refractivity contribution in [2.24, 2.45) is 5.10 Å². The molecule has 4 aromatic rings. The van der Waals surface area contributed by atoms with Gasteiger partial charge in [-0.25, -0.2) is 10.4 Å². The number of fused-ring (bicyclic) bond motifs is 1. The van der Waals surface area contributed by atoms with Crippen LogP contribution < -0.4 is 5.43 Å². The average molecular weight is 379 g/mol. The lowest BCUT2D eigenvalue weighted by molar-refractivity contribution is -0.121. The number of benzene rings is 2. The van der Waals surface area contributed by atoms with E-state index in [0.29, 0.717) is 16.6 Å². The minimum Gasteiger partial charge on any atom is -0.461 e. The molecule has 0 radical (unpaired) electrons. The van der Waals surface area contributed by atoms with Gasteiger partial charge in [-0.05, 0) is 30.3 Å². The van der Waals surface area contributed by atoms with Crippen LogP contribution in [0.2, 0.25) is 5.02 Å². The molecule has 1 N–H and O–H groups in total. The summed E-state index contributed by atoms with van der Waals surface area (Å²) in [4.78, 5) is 17.0. The fourth-order valence-corrected chi connectivity index (χ4v) is 2.95. The minimum atomic E-state index is -0.283. The summed E-state index contributed by atoms with van der Waals surface area (Å²) in [5.74, 6) is 0.902. The molecule has 0 aliphatic heterocycles. The number of halogens is 1. The number of hydrogen-bond acceptors (Lipinski definition) is 4. The molecule has 27 heavy (non-hydrogen) atoms. The number of para-hydroxylation sites is 2. The maximum atomic E-state index is 12.4. The molecule has 0 aliphatic carbocycles. The van der Waals surface area contributed by atoms with Gasteiger partial charge >= 0.3 is 0 Å². The summed E-state index contributed by atoms with van der Waals surface area (Å²) in [5.41, 5.74) is 4.88. The number of amides is 1. The zero-order chi connectivity index (χ0) is 18.6. The summed E-state index contributed by atoms with van der Waals surface area (Å²) in [6.07, 6.45) is 3.09. The number of rotatable bonds is 5. The van der Waals surface area contributed by atoms with Crippen LogP contribution in [0.25, 0.3) is 22.6 Å². The van der Waals surface area contributed by atoms with Crippen LogP contribution in [0.4, 0.5) is 0 Å². The molecule has 2 heterocycles. The highest BCUT2D eigenvalue weighted by Crippen LogP contribution is 2.25. The Morgan fingerprint density at radius 2 is 1.96 bits per heavy atom. The fourth-order valence-electron chi connectivity index (χ4n) is 2.76. The van der Waals surface area contributed by atoms with Crippen LogP contribution in [0.3, 0.4) is 0 Å². The number of nitrogens with zero attached hydrogens (tertiary/aromatic N) is 3. The van der Waals surface area contributed by atoms with E-state index in [9.17, 15) is 4.79 Å². The molecule has 7 heteroatoms. The highest BCUT2D eigenvalue weighted by molar-refractivity contribution is 6.33. The van der Waals surface area contributed by atoms with Crippen molar-refractivity contribution in [2.75, 3.05) is 0 Å². The standard InChI is InChI=1S/C20H15ClN4O2/c21-15-7-2-1-6-14(15)12-22-24-19(26)13-25-17-9-4-3-8-16(17)23-20(25)18-10-5-11-27-18/h1-12H,13H2,(H,24,26)/b22-12+. The Bertz CT molecular complexity index is 1120. The second-order valence-electron chi connectivity index (χ2n) is 5.80. The van der Waals surface area contributed by atoms with Crippen LogP contribution in [-0.2, 0) is 11.3 Å². The number of aromatic nitrogens is 2. The first-order valence-corrected chi connectivity index (χ1v) is 8.66. The van der Waals surface area contributed by atoms with Gasteiger partial charge < -0.3 is 8.98 Å². The number of hydrogen-bond donors (Lipinski definition) is 1. The minimum absolute atomic E-state index is 0.0520. The maximum Gasteiger partial charge on any atom is 0.260 e. The number of nitrogens with one attached hydrogen (secondary N) is 1. The van der Waals surface area contributed by atoms with E-state index in [0.717, 1.165) is 16.6 Å². The number of carbonyl (C=O) groups is 1. The van der Waals surface area contributed by atoms with Crippen molar-refractivity contribution in [1.29, 1.82) is 0 Å². The van der Waals surface area contributed by atoms with E-state index >= 15 is 0 Å². The van der Waals surface area contributed by atoms with E-state index in [1.807, 2.05) is 48.5 Å². The highest BCUT2D eigenvalue weighted by atomic mass is 35.5. The number of hydrazone groups is 1. The van der Waals surface area contributed by atoms with Crippen LogP contribution in [0.15, 0.2) is 76.4 Å². The van der Waals surface area contributed by atoms with Gasteiger partial charge in [-0.1, -0.05) is 41.9 Å². The van der Waals surface area contributed by atoms with Gasteiger partial charge in [0.05, 0.1) is 23.5 Å². The number of imidazole rings is 1. The van der Waals surface area contributed by atoms with Gasteiger partial charge in [-0.2, -0.15) is 5.10 Å². The second-order valence-corrected chi connectivity index (χ2v) is 6.21. The summed E-state index contributed by atoms with van der Waals surface area (Å²) >= 11 is 6.07. The lowest BCUT2D eigenvalue weighted by Gasteiger charge is -2.06. The third-order valence-corrected chi connectivity index (χ3v) is 4.34. The first-order chi connectivity index (χ1) is 13.2. The van der Waals surface area contributed by atoms with Crippen LogP contribution >= 0.6 is 11.6 Å². The molecule has 0 bridgehead atoms. The third-order valence-electron chi connectivity index (χ3n) is 4.00. The molecular weight excluding hydrogens is 364 g/mol. The molecule has 134 valence electrons. The molecule has 0 saturated carbocycles. The summed E-state index contributed by atoms with van der Waals surface area (Å²) in [6, 6.07) is 18.5. The Balaban J connectivity index is 1.57. The molecular formula is C20H15ClN4O2. The van der Waals surface area contributed by atoms with Crippen molar-refractivity contribution < 1.29 is 9.21 Å². The third kappa shape index (κ3) is 3.61. The van der Waals surface area contributed by atoms with Crippen molar-refractivity contribution in [3.05, 3.63) is 77.5 Å². The van der Waals surface area contributed by atoms with Gasteiger partial charge in [0.25, 0.3) is 5.91 Å². The quantitative estimate of drug-likeness (QED) is 0.419. The molecule has 6 nitrogen and oxygen atoms in total. The molecule has 4 rings (SSSR count). The molecule has 1 amide bonds. The molecule has 0 unspecified atom stereocenters. The van der Waals surface area contributed by atoms with Crippen LogP contribution in [0.1, 0.15) is 5.56 Å². The SMILES string of the molecule is O=C(Cn1c(-c2ccco2)nc2ccccc21)N/N=C/c1ccccc1Cl. The summed E-state index contributed by atoms with van der Waals surface area (Å²) in [5, 5.41) is 4.56. The molecule has 0 aliphatic rings. The Morgan fingerprint density at radius 3 is 2.78 bits per heavy atom. The van der Waals surface area contributed by atoms with Gasteiger partial charge in [-0.15, -0.1) is 0 Å². The summed E-state index contributed by atoms with van der Waals surface area (Å²) in [6.45, 7) is 0.0520. The first-order valence-electron chi connectivity index (χ1n) is 8.28. The molecule has 2 aromatic carbocycles. The van der Waals surface area contributed by atoms with E-state index in [4.69, 9.17) is 16.0 Å². The smallest absolute Gasteiger partial charge is 0.260 e. The Hall–Kier alpha value is -3.38. The number of carbonyl (C=O) groups excluding carboxylic acids is 1. The van der Waals surface area contributed by atoms with Gasteiger partial charge in [0.1, 0.15) is 6.54 Å². The maximum absolute atomic E-state index is 12.4. The van der Waals surface area contributed by atoms with E-state index < -0.39 is 0 Å². The van der Waals surface area contributed by atoms with Crippen molar-refractivity contribution >= 4 is 34.8 Å². The van der Waals surface area contributed by atoms with Gasteiger partial charge in [0.15, 0.2) is 11.6 Å². The van der Waals surface area contributed by atoms with Crippen molar-refractivity contribution in [3.8, 4) is 11.6 Å². The van der Waals surface area contributed by atoms with Gasteiger partial charge in [0, 0.05) is 10.6 Å². The van der Waals surface area contributed by atoms with Crippen molar-refractivity contribution in [2.45, 2.75) is 6.54 Å². The summed E-state index contributed by atoms with van der Waals surface area (Å²) < 4.78 is 7.26. The monoisotopic (exact) mass is 378 g/mol. The highest BCUT2D eigenvalue weighted by Gasteiger charge is 2.16. The van der Waals surface area contributed by atoms with E-state index in [-0.39, 0.29) is 12.5 Å². The number of furan rings is 1. The predicted octanol–water partition coefficient (Wildman–Crippen LogP) is 4.10. The molecule has 0 atom stereocenters. The molecule has 0 spiro atoms. The van der Waals surface area contributed by atoms with Gasteiger partial charge in [-0.3, -0.25) is 4.79 Å². The first kappa shape index (κ1) is 17.1. The second kappa shape index (κ2) is 7.47. The molecule has 2 aromatic heterocycles. The van der Waals surface area contributed by atoms with Gasteiger partial charge in [0.2, 0.25) is 0 Å². The molecule has 0 fully saturated rings.